The van der Waals surface area contributed by atoms with Crippen molar-refractivity contribution in [1.29, 1.82) is 0 Å². The summed E-state index contributed by atoms with van der Waals surface area (Å²) in [5.41, 5.74) is 5.77. The zero-order valence-corrected chi connectivity index (χ0v) is 36.3. The number of imidazole rings is 2. The number of methoxy groups -OCH3 is 3. The first-order valence-electron chi connectivity index (χ1n) is 20.7. The van der Waals surface area contributed by atoms with E-state index in [1.165, 1.54) is 21.3 Å². The summed E-state index contributed by atoms with van der Waals surface area (Å²) in [5, 5.41) is 16.7. The molecule has 3 aromatic carbocycles. The number of aromatic amines is 2. The maximum absolute atomic E-state index is 14.0. The van der Waals surface area contributed by atoms with E-state index in [1.807, 2.05) is 50.2 Å². The second kappa shape index (κ2) is 17.1. The first-order chi connectivity index (χ1) is 29.7. The van der Waals surface area contributed by atoms with Crippen LogP contribution >= 0.6 is 11.6 Å². The van der Waals surface area contributed by atoms with Gasteiger partial charge in [-0.25, -0.2) is 19.6 Å². The van der Waals surface area contributed by atoms with E-state index in [0.717, 1.165) is 56.9 Å². The largest absolute Gasteiger partial charge is 0.488 e. The van der Waals surface area contributed by atoms with Crippen LogP contribution in [0.15, 0.2) is 42.5 Å². The molecule has 0 radical (unpaired) electrons. The number of hydrogen-bond donors (Lipinski definition) is 5. The third kappa shape index (κ3) is 7.66. The minimum Gasteiger partial charge on any atom is -0.488 e. The quantitative estimate of drug-likeness (QED) is 0.0926. The number of halogens is 1. The fourth-order valence-corrected chi connectivity index (χ4v) is 9.50. The van der Waals surface area contributed by atoms with Crippen molar-refractivity contribution in [3.8, 4) is 28.1 Å². The summed E-state index contributed by atoms with van der Waals surface area (Å²) in [7, 11) is 4.17. The Morgan fingerprint density at radius 1 is 0.823 bits per heavy atom. The number of rotatable bonds is 11. The fraction of sp³-hybridized carbons (Fsp3) is 0.455. The predicted molar refractivity (Wildman–Crippen MR) is 230 cm³/mol. The molecule has 5 N–H and O–H groups in total. The summed E-state index contributed by atoms with van der Waals surface area (Å²) >= 11 is 6.84. The summed E-state index contributed by atoms with van der Waals surface area (Å²) in [6, 6.07) is 11.1. The van der Waals surface area contributed by atoms with E-state index in [-0.39, 0.29) is 29.9 Å². The average molecular weight is 871 g/mol. The lowest BCUT2D eigenvalue weighted by atomic mass is 9.92. The summed E-state index contributed by atoms with van der Waals surface area (Å²) < 4.78 is 22.0. The van der Waals surface area contributed by atoms with Crippen LogP contribution in [0.1, 0.15) is 82.7 Å². The molecule has 8 atom stereocenters. The van der Waals surface area contributed by atoms with Gasteiger partial charge < -0.3 is 54.5 Å². The number of nitrogens with one attached hydrogen (secondary N) is 4. The van der Waals surface area contributed by atoms with Gasteiger partial charge in [-0.2, -0.15) is 0 Å². The van der Waals surface area contributed by atoms with E-state index in [1.54, 1.807) is 23.6 Å². The second-order valence-corrected chi connectivity index (χ2v) is 16.8. The maximum atomic E-state index is 14.0. The molecule has 2 aromatic heterocycles. The molecule has 4 amide bonds. The number of carbonyl (C=O) groups is 4. The lowest BCUT2D eigenvalue weighted by Crippen LogP contribution is -2.55. The van der Waals surface area contributed by atoms with Crippen molar-refractivity contribution >= 4 is 57.4 Å². The summed E-state index contributed by atoms with van der Waals surface area (Å²) in [5.74, 6) is 1.22. The zero-order chi connectivity index (χ0) is 44.1. The molecule has 62 heavy (non-hydrogen) atoms. The molecule has 0 bridgehead atoms. The molecule has 2 fully saturated rings. The van der Waals surface area contributed by atoms with Crippen molar-refractivity contribution in [3.05, 3.63) is 64.8 Å². The van der Waals surface area contributed by atoms with Gasteiger partial charge in [0, 0.05) is 42.8 Å². The number of fused-ring (bicyclic) bond motifs is 6. The molecule has 3 aliphatic rings. The Labute approximate surface area is 362 Å². The maximum Gasteiger partial charge on any atom is 0.407 e. The summed E-state index contributed by atoms with van der Waals surface area (Å²) in [4.78, 5) is 71.8. The van der Waals surface area contributed by atoms with Crippen LogP contribution < -0.4 is 15.4 Å². The summed E-state index contributed by atoms with van der Waals surface area (Å²) in [6.45, 7) is 7.61. The lowest BCUT2D eigenvalue weighted by Gasteiger charge is -2.33. The highest BCUT2D eigenvalue weighted by molar-refractivity contribution is 6.32. The first kappa shape index (κ1) is 42.8. The van der Waals surface area contributed by atoms with Crippen LogP contribution in [0, 0.1) is 0 Å². The Morgan fingerprint density at radius 2 is 1.45 bits per heavy atom. The molecule has 3 aliphatic heterocycles. The van der Waals surface area contributed by atoms with Gasteiger partial charge in [-0.15, -0.1) is 0 Å². The van der Waals surface area contributed by atoms with Gasteiger partial charge in [-0.3, -0.25) is 9.59 Å². The molecular weight excluding hydrogens is 820 g/mol. The van der Waals surface area contributed by atoms with Crippen molar-refractivity contribution < 1.29 is 43.2 Å². The van der Waals surface area contributed by atoms with Crippen molar-refractivity contribution in [2.24, 2.45) is 0 Å². The molecule has 5 aromatic rings. The van der Waals surface area contributed by atoms with Crippen LogP contribution in [-0.4, -0.2) is 117 Å². The molecular formula is C44H51ClN8O9. The van der Waals surface area contributed by atoms with E-state index < -0.39 is 42.5 Å². The second-order valence-electron chi connectivity index (χ2n) is 16.4. The molecule has 0 spiro atoms. The topological polar surface area (TPSA) is 213 Å². The number of carbonyl (C=O) groups excluding carboxylic acids is 3. The number of H-pyrrole nitrogens is 2. The van der Waals surface area contributed by atoms with Gasteiger partial charge >= 0.3 is 12.2 Å². The molecule has 8 rings (SSSR count). The van der Waals surface area contributed by atoms with Gasteiger partial charge in [-0.05, 0) is 94.2 Å². The normalized spacial score (nSPS) is 21.5. The van der Waals surface area contributed by atoms with Gasteiger partial charge in [0.05, 0.1) is 42.4 Å². The fourth-order valence-electron chi connectivity index (χ4n) is 9.25. The van der Waals surface area contributed by atoms with Gasteiger partial charge in [-0.1, -0.05) is 29.8 Å². The molecule has 18 heteroatoms. The van der Waals surface area contributed by atoms with E-state index in [4.69, 9.17) is 40.5 Å². The Balaban J connectivity index is 1.06. The van der Waals surface area contributed by atoms with E-state index in [9.17, 15) is 24.3 Å². The van der Waals surface area contributed by atoms with E-state index in [2.05, 4.69) is 26.7 Å². The Morgan fingerprint density at radius 3 is 2.06 bits per heavy atom. The van der Waals surface area contributed by atoms with Crippen LogP contribution in [0.5, 0.6) is 5.75 Å². The molecule has 0 saturated carbocycles. The number of amides is 4. The molecule has 2 saturated heterocycles. The highest BCUT2D eigenvalue weighted by Gasteiger charge is 2.44. The van der Waals surface area contributed by atoms with E-state index >= 15 is 0 Å². The molecule has 0 aliphatic carbocycles. The van der Waals surface area contributed by atoms with Crippen LogP contribution in [0.25, 0.3) is 44.2 Å². The minimum absolute atomic E-state index is 0.126. The Bertz CT molecular complexity index is 2560. The third-order valence-corrected chi connectivity index (χ3v) is 13.0. The Hall–Kier alpha value is -5.91. The van der Waals surface area contributed by atoms with Crippen LogP contribution in [0.2, 0.25) is 5.15 Å². The molecule has 17 nitrogen and oxygen atoms in total. The standard InChI is InChI=1S/C44H51ClN8O9/c1-20-8-14-31(52(20)41(54)34(22(3)59-5)49-43(56)57)39-46-30-13-11-24-17-29-27-12-10-25(16-26(27)19-62-33(29)18-28(24)37(30)48-39)36-38(45)51-40(47-36)32-15-9-21(2)53(32)42(55)35(23(4)60-6)50-44(58)61-7/h10-13,16-18,20-23,31-32,34-35,49H,8-9,14-15,19H2,1-7H3,(H,46,48)(H,47,51)(H,50,58)(H,56,57)/t20-,21-,22+,23+,31-,32-,34-,35-/m0/s1. The van der Waals surface area contributed by atoms with Crippen molar-refractivity contribution in [2.45, 2.75) is 108 Å². The SMILES string of the molecule is COC(=O)N[C@H](C(=O)N1[C@@H](C)CC[C@H]1c1nc(-c2ccc3c(c2)COc2cc4c(ccc5[nH]c([C@@H]6CC[C@H](C)N6C(=O)[C@@H](NC(=O)O)[C@@H](C)OC)nc54)cc2-3)c(Cl)[nH]1)[C@@H](C)OC. The molecule has 328 valence electrons. The monoisotopic (exact) mass is 870 g/mol. The number of ether oxygens (including phenoxy) is 4. The number of likely N-dealkylation sites (tertiary alicyclic amines) is 2. The third-order valence-electron chi connectivity index (χ3n) is 12.7. The number of benzene rings is 3. The number of nitrogens with zero attached hydrogens (tertiary/aromatic N) is 4. The Kier molecular flexibility index (Phi) is 11.8. The lowest BCUT2D eigenvalue weighted by molar-refractivity contribution is -0.140. The highest BCUT2D eigenvalue weighted by Crippen LogP contribution is 2.45. The van der Waals surface area contributed by atoms with Crippen molar-refractivity contribution in [3.63, 3.8) is 0 Å². The van der Waals surface area contributed by atoms with Gasteiger partial charge in [0.2, 0.25) is 11.8 Å². The van der Waals surface area contributed by atoms with Crippen molar-refractivity contribution in [2.75, 3.05) is 21.3 Å². The smallest absolute Gasteiger partial charge is 0.407 e. The van der Waals surface area contributed by atoms with Crippen LogP contribution in [-0.2, 0) is 30.4 Å². The highest BCUT2D eigenvalue weighted by atomic mass is 35.5. The van der Waals surface area contributed by atoms with Crippen LogP contribution in [0.4, 0.5) is 9.59 Å². The van der Waals surface area contributed by atoms with Crippen molar-refractivity contribution in [1.82, 2.24) is 40.4 Å². The number of hydrogen-bond acceptors (Lipinski definition) is 10. The minimum atomic E-state index is -1.30. The molecule has 0 unspecified atom stereocenters. The van der Waals surface area contributed by atoms with Gasteiger partial charge in [0.15, 0.2) is 0 Å². The number of aromatic nitrogens is 4. The number of carboxylic acid groups (broad SMARTS) is 1. The average Bonchev–Trinajstić information content (AvgIpc) is 4.07. The zero-order valence-electron chi connectivity index (χ0n) is 35.6. The van der Waals surface area contributed by atoms with Crippen LogP contribution in [0.3, 0.4) is 0 Å². The van der Waals surface area contributed by atoms with Gasteiger partial charge in [0.25, 0.3) is 0 Å². The molecule has 5 heterocycles. The van der Waals surface area contributed by atoms with Gasteiger partial charge in [0.1, 0.15) is 46.9 Å². The number of alkyl carbamates (subject to hydrolysis) is 1. The first-order valence-corrected chi connectivity index (χ1v) is 21.1. The van der Waals surface area contributed by atoms with E-state index in [0.29, 0.717) is 47.7 Å². The predicted octanol–water partition coefficient (Wildman–Crippen LogP) is 6.85. The summed E-state index contributed by atoms with van der Waals surface area (Å²) in [6.07, 6.45) is -0.536.